The third-order valence-electron chi connectivity index (χ3n) is 19.8. The first-order valence-corrected chi connectivity index (χ1v) is 50.1. The lowest BCUT2D eigenvalue weighted by atomic mass is 10.1. The fourth-order valence-corrected chi connectivity index (χ4v) is 12.5. The largest absolute Gasteiger partial charge is 0.490 e. The number of hydrogen-bond donors (Lipinski definition) is 3. The Morgan fingerprint density at radius 3 is 0.583 bits per heavy atom. The smallest absolute Gasteiger partial charge is 0.319 e. The van der Waals surface area contributed by atoms with Gasteiger partial charge in [0.15, 0.2) is 11.5 Å². The second-order valence-electron chi connectivity index (χ2n) is 30.9. The normalized spacial score (nSPS) is 21.0. The van der Waals surface area contributed by atoms with Gasteiger partial charge in [0.25, 0.3) is 0 Å². The van der Waals surface area contributed by atoms with E-state index in [0.29, 0.717) is 380 Å². The molecule has 0 aliphatic carbocycles. The fraction of sp³-hybridized carbons (Fsp3) is 0.927. The van der Waals surface area contributed by atoms with Crippen molar-refractivity contribution >= 4 is 11.7 Å². The number of benzene rings is 1. The van der Waals surface area contributed by atoms with Gasteiger partial charge in [0.05, 0.1) is 421 Å². The van der Waals surface area contributed by atoms with Crippen molar-refractivity contribution in [2.45, 2.75) is 180 Å². The third-order valence-corrected chi connectivity index (χ3v) is 19.8. The van der Waals surface area contributed by atoms with E-state index in [-0.39, 0.29) is 39.6 Å². The van der Waals surface area contributed by atoms with Crippen molar-refractivity contribution in [3.05, 3.63) is 12.1 Å². The average molecular weight is 1910 g/mol. The van der Waals surface area contributed by atoms with E-state index in [1.807, 2.05) is 0 Å². The van der Waals surface area contributed by atoms with Gasteiger partial charge in [-0.1, -0.05) is 155 Å². The Kier molecular flexibility index (Phi) is 102. The van der Waals surface area contributed by atoms with Gasteiger partial charge in [-0.2, -0.15) is 0 Å². The molecule has 2 amide bonds. The van der Waals surface area contributed by atoms with Crippen LogP contribution in [0.25, 0.3) is 0 Å². The van der Waals surface area contributed by atoms with Gasteiger partial charge in [0, 0.05) is 12.1 Å². The summed E-state index contributed by atoms with van der Waals surface area (Å²) in [7, 11) is 1.61. The second kappa shape index (κ2) is 108. The molecule has 2 rings (SSSR count). The number of hydrogen-bond acceptors (Lipinski definition) is 34. The molecule has 0 aromatic heterocycles. The molecule has 2 unspecified atom stereocenters. The number of aliphatic hydroxyl groups excluding tert-OH is 1. The van der Waals surface area contributed by atoms with Crippen LogP contribution >= 0.6 is 0 Å². The number of ether oxygens (including phenoxy) is 32. The zero-order valence-electron chi connectivity index (χ0n) is 82.1. The maximum absolute atomic E-state index is 14.0. The lowest BCUT2D eigenvalue weighted by Gasteiger charge is -2.24. The number of aliphatic hydroxyl groups is 1. The van der Waals surface area contributed by atoms with Gasteiger partial charge in [0.1, 0.15) is 0 Å². The summed E-state index contributed by atoms with van der Waals surface area (Å²) >= 11 is 0. The van der Waals surface area contributed by atoms with Crippen LogP contribution in [-0.2, 0) is 137 Å². The number of anilines is 1. The van der Waals surface area contributed by atoms with Gasteiger partial charge in [-0.3, -0.25) is 0 Å². The summed E-state index contributed by atoms with van der Waals surface area (Å²) in [6.45, 7) is 29.4. The molecule has 1 aliphatic rings. The highest BCUT2D eigenvalue weighted by Gasteiger charge is 2.24. The number of amides is 2. The number of rotatable bonds is 31. The van der Waals surface area contributed by atoms with Gasteiger partial charge < -0.3 is 167 Å². The van der Waals surface area contributed by atoms with E-state index in [9.17, 15) is 9.90 Å². The van der Waals surface area contributed by atoms with Crippen LogP contribution in [0.15, 0.2) is 12.1 Å². The molecule has 36 nitrogen and oxygen atoms in total. The summed E-state index contributed by atoms with van der Waals surface area (Å²) in [5.41, 5.74) is 0.438. The lowest BCUT2D eigenvalue weighted by Crippen LogP contribution is -2.49. The summed E-state index contributed by atoms with van der Waals surface area (Å²) in [5, 5.41) is 17.5. The predicted octanol–water partition coefficient (Wildman–Crippen LogP) is 11.2. The van der Waals surface area contributed by atoms with Gasteiger partial charge in [0.2, 0.25) is 5.75 Å². The number of methoxy groups -OCH3 is 1. The van der Waals surface area contributed by atoms with Gasteiger partial charge in [-0.25, -0.2) is 4.79 Å². The Labute approximate surface area is 793 Å². The summed E-state index contributed by atoms with van der Waals surface area (Å²) in [5.74, 6) is 1.43. The van der Waals surface area contributed by atoms with E-state index in [0.717, 1.165) is 38.5 Å². The minimum atomic E-state index is -1.16. The van der Waals surface area contributed by atoms with Crippen LogP contribution in [0.5, 0.6) is 17.2 Å². The third kappa shape index (κ3) is 93.0. The van der Waals surface area contributed by atoms with E-state index < -0.39 is 18.2 Å². The van der Waals surface area contributed by atoms with Crippen molar-refractivity contribution in [1.82, 2.24) is 5.32 Å². The number of carbonyl (C=O) groups excluding carboxylic acids is 1. The highest BCUT2D eigenvalue weighted by atomic mass is 16.6. The standard InChI is InChI=1S/C96H184N2O34/c1-4-6-8-10-12-14-16-18-20-22-24-26-28-131-93-86-90(87-94(95(93)101-3)132-29-27-25-23-21-19-17-15-13-11-9-7-5-2)97-96(100)98-91-88-129-84-82-127-80-78-125-76-74-123-72-70-121-68-66-119-64-62-117-60-58-115-56-54-113-52-50-111-48-46-109-44-42-107-40-38-105-36-34-103-32-30-102-31-33-104-35-37-106-39-41-108-43-45-110-47-49-112-51-53-114-55-57-116-59-61-118-63-65-120-67-69-122-71-73-124-75-77-126-79-81-128-83-85-130-89-92(91)99/h86-87,91-92,99H,4-85,88-89H2,1-3H3,(H2,97,98,100). The second-order valence-corrected chi connectivity index (χ2v) is 30.9. The van der Waals surface area contributed by atoms with Gasteiger partial charge in [-0.15, -0.1) is 0 Å². The van der Waals surface area contributed by atoms with Gasteiger partial charge >= 0.3 is 6.03 Å². The molecule has 1 aromatic carbocycles. The van der Waals surface area contributed by atoms with Crippen LogP contribution in [0, 0.1) is 0 Å². The first-order valence-electron chi connectivity index (χ1n) is 50.1. The molecule has 132 heavy (non-hydrogen) atoms. The number of carbonyl (C=O) groups is 1. The zero-order valence-corrected chi connectivity index (χ0v) is 82.1. The van der Waals surface area contributed by atoms with Crippen LogP contribution in [0.3, 0.4) is 0 Å². The fourth-order valence-electron chi connectivity index (χ4n) is 12.5. The zero-order chi connectivity index (χ0) is 93.9. The van der Waals surface area contributed by atoms with Crippen LogP contribution in [0.1, 0.15) is 168 Å². The monoisotopic (exact) mass is 1910 g/mol. The maximum atomic E-state index is 14.0. The summed E-state index contributed by atoms with van der Waals surface area (Å²) in [6.07, 6.45) is 28.5. The molecule has 0 bridgehead atoms. The number of urea groups is 1. The molecule has 1 aromatic rings. The van der Waals surface area contributed by atoms with Crippen LogP contribution in [0.2, 0.25) is 0 Å². The molecule has 0 saturated carbocycles. The molecule has 1 fully saturated rings. The molecule has 1 saturated heterocycles. The van der Waals surface area contributed by atoms with Crippen molar-refractivity contribution in [2.75, 3.05) is 409 Å². The van der Waals surface area contributed by atoms with Crippen molar-refractivity contribution in [3.63, 3.8) is 0 Å². The SMILES string of the molecule is CCCCCCCCCCCCCCOc1cc(NC(=O)NC2COCCOCCOCCOCCOCCOCCOCCOCCOCCOCCOCCOCCOCCOCCOCCOCCOCCOCCOCCOCCOCCOCCOCCOCCOCCOCCOCCOCCOCC2O)cc(OCCCCCCCCCCCCCC)c1OC. The van der Waals surface area contributed by atoms with Crippen molar-refractivity contribution < 1.29 is 161 Å². The minimum Gasteiger partial charge on any atom is -0.490 e. The molecule has 1 heterocycles. The Bertz CT molecular complexity index is 2350. The predicted molar refractivity (Wildman–Crippen MR) is 502 cm³/mol. The maximum Gasteiger partial charge on any atom is 0.319 e. The molecule has 782 valence electrons. The van der Waals surface area contributed by atoms with E-state index in [2.05, 4.69) is 24.5 Å². The average Bonchev–Trinajstić information content (AvgIpc) is 0.821. The van der Waals surface area contributed by atoms with Gasteiger partial charge in [-0.05, 0) is 12.8 Å². The first-order chi connectivity index (χ1) is 65.6. The van der Waals surface area contributed by atoms with Crippen LogP contribution in [-0.4, -0.2) is 427 Å². The Hall–Kier alpha value is -3.31. The highest BCUT2D eigenvalue weighted by molar-refractivity contribution is 5.90. The van der Waals surface area contributed by atoms with E-state index in [4.69, 9.17) is 152 Å². The van der Waals surface area contributed by atoms with Crippen LogP contribution < -0.4 is 24.8 Å². The van der Waals surface area contributed by atoms with E-state index in [1.54, 1.807) is 19.2 Å². The van der Waals surface area contributed by atoms with Crippen LogP contribution in [0.4, 0.5) is 10.5 Å². The van der Waals surface area contributed by atoms with E-state index >= 15 is 0 Å². The Balaban J connectivity index is 1.81. The Morgan fingerprint density at radius 2 is 0.409 bits per heavy atom. The Morgan fingerprint density at radius 1 is 0.250 bits per heavy atom. The summed E-state index contributed by atoms with van der Waals surface area (Å²) in [6, 6.07) is 2.06. The van der Waals surface area contributed by atoms with Crippen molar-refractivity contribution in [3.8, 4) is 17.2 Å². The molecule has 0 spiro atoms. The summed E-state index contributed by atoms with van der Waals surface area (Å²) < 4.78 is 182. The topological polar surface area (TPSA) is 357 Å². The molecular weight excluding hydrogens is 1730 g/mol. The summed E-state index contributed by atoms with van der Waals surface area (Å²) in [4.78, 5) is 14.0. The molecular formula is C96H184N2O34. The molecule has 1 aliphatic heterocycles. The van der Waals surface area contributed by atoms with Crippen molar-refractivity contribution in [1.29, 1.82) is 0 Å². The van der Waals surface area contributed by atoms with E-state index in [1.165, 1.54) is 116 Å². The lowest BCUT2D eigenvalue weighted by molar-refractivity contribution is -0.0396. The first kappa shape index (κ1) is 125. The quantitative estimate of drug-likeness (QED) is 0.0581. The molecule has 36 heteroatoms. The molecule has 3 N–H and O–H groups in total. The van der Waals surface area contributed by atoms with Crippen molar-refractivity contribution in [2.24, 2.45) is 0 Å². The molecule has 2 atom stereocenters. The molecule has 0 radical (unpaired) electrons. The minimum absolute atomic E-state index is 0.0427. The number of unbranched alkanes of at least 4 members (excludes halogenated alkanes) is 22. The highest BCUT2D eigenvalue weighted by Crippen LogP contribution is 2.41. The number of nitrogens with one attached hydrogen (secondary N) is 2.